The third-order valence-corrected chi connectivity index (χ3v) is 4.36. The van der Waals surface area contributed by atoms with Crippen LogP contribution in [0.5, 0.6) is 0 Å². The van der Waals surface area contributed by atoms with Crippen molar-refractivity contribution in [3.8, 4) is 5.69 Å². The van der Waals surface area contributed by atoms with Crippen LogP contribution in [0.25, 0.3) is 5.69 Å². The normalized spacial score (nSPS) is 10.5. The van der Waals surface area contributed by atoms with Crippen molar-refractivity contribution in [2.75, 3.05) is 6.54 Å². The molecular formula is C22H24N4O2. The van der Waals surface area contributed by atoms with E-state index in [0.29, 0.717) is 24.2 Å². The summed E-state index contributed by atoms with van der Waals surface area (Å²) < 4.78 is 1.85. The molecule has 0 aliphatic carbocycles. The predicted molar refractivity (Wildman–Crippen MR) is 109 cm³/mol. The number of nitrogens with one attached hydrogen (secondary N) is 2. The lowest BCUT2D eigenvalue weighted by Gasteiger charge is -2.09. The van der Waals surface area contributed by atoms with E-state index in [2.05, 4.69) is 15.7 Å². The van der Waals surface area contributed by atoms with Gasteiger partial charge in [-0.05, 0) is 68.8 Å². The summed E-state index contributed by atoms with van der Waals surface area (Å²) in [6.45, 7) is 6.75. The molecule has 0 unspecified atom stereocenters. The van der Waals surface area contributed by atoms with E-state index in [-0.39, 0.29) is 11.8 Å². The predicted octanol–water partition coefficient (Wildman–Crippen LogP) is 3.17. The Balaban J connectivity index is 1.65. The molecule has 1 heterocycles. The number of benzene rings is 2. The number of carbonyl (C=O) groups excluding carboxylic acids is 2. The second-order valence-electron chi connectivity index (χ2n) is 6.63. The average Bonchev–Trinajstić information content (AvgIpc) is 3.04. The maximum Gasteiger partial charge on any atom is 0.251 e. The summed E-state index contributed by atoms with van der Waals surface area (Å²) in [6, 6.07) is 16.6. The van der Waals surface area contributed by atoms with Crippen molar-refractivity contribution in [3.63, 3.8) is 0 Å². The molecule has 2 aromatic carbocycles. The van der Waals surface area contributed by atoms with Gasteiger partial charge in [0.25, 0.3) is 11.8 Å². The molecule has 3 aromatic rings. The van der Waals surface area contributed by atoms with Crippen molar-refractivity contribution in [2.45, 2.75) is 27.3 Å². The first kappa shape index (κ1) is 19.4. The molecule has 0 atom stereocenters. The second-order valence-corrected chi connectivity index (χ2v) is 6.63. The van der Waals surface area contributed by atoms with Gasteiger partial charge in [-0.1, -0.05) is 12.1 Å². The average molecular weight is 376 g/mol. The van der Waals surface area contributed by atoms with Crippen molar-refractivity contribution in [1.29, 1.82) is 0 Å². The van der Waals surface area contributed by atoms with E-state index in [1.165, 1.54) is 0 Å². The molecule has 3 rings (SSSR count). The van der Waals surface area contributed by atoms with Gasteiger partial charge in [-0.15, -0.1) is 0 Å². The molecule has 0 radical (unpaired) electrons. The summed E-state index contributed by atoms with van der Waals surface area (Å²) in [6.07, 6.45) is 0. The van der Waals surface area contributed by atoms with E-state index >= 15 is 0 Å². The molecule has 144 valence electrons. The number of amides is 2. The summed E-state index contributed by atoms with van der Waals surface area (Å²) in [7, 11) is 0. The Morgan fingerprint density at radius 2 is 1.64 bits per heavy atom. The molecule has 0 bridgehead atoms. The van der Waals surface area contributed by atoms with E-state index in [1.54, 1.807) is 24.3 Å². The largest absolute Gasteiger partial charge is 0.352 e. The van der Waals surface area contributed by atoms with Crippen LogP contribution in [0.1, 0.15) is 44.6 Å². The molecule has 6 nitrogen and oxygen atoms in total. The number of rotatable bonds is 6. The first-order chi connectivity index (χ1) is 13.5. The molecule has 0 spiro atoms. The highest BCUT2D eigenvalue weighted by atomic mass is 16.2. The van der Waals surface area contributed by atoms with Gasteiger partial charge >= 0.3 is 0 Å². The first-order valence-corrected chi connectivity index (χ1v) is 9.27. The number of hydrogen-bond donors (Lipinski definition) is 2. The number of hydrogen-bond acceptors (Lipinski definition) is 3. The topological polar surface area (TPSA) is 76.0 Å². The quantitative estimate of drug-likeness (QED) is 0.694. The Hall–Kier alpha value is -3.41. The summed E-state index contributed by atoms with van der Waals surface area (Å²) in [4.78, 5) is 24.4. The Bertz CT molecular complexity index is 990. The molecule has 2 N–H and O–H groups in total. The van der Waals surface area contributed by atoms with Gasteiger partial charge in [-0.25, -0.2) is 4.68 Å². The van der Waals surface area contributed by atoms with E-state index in [4.69, 9.17) is 0 Å². The molecule has 0 saturated heterocycles. The fourth-order valence-electron chi connectivity index (χ4n) is 3.01. The Kier molecular flexibility index (Phi) is 5.89. The van der Waals surface area contributed by atoms with Gasteiger partial charge in [0.2, 0.25) is 0 Å². The van der Waals surface area contributed by atoms with Gasteiger partial charge in [0, 0.05) is 29.9 Å². The van der Waals surface area contributed by atoms with Gasteiger partial charge in [0.1, 0.15) is 0 Å². The van der Waals surface area contributed by atoms with Crippen LogP contribution in [0.3, 0.4) is 0 Å². The zero-order valence-electron chi connectivity index (χ0n) is 16.3. The molecule has 0 saturated carbocycles. The fraction of sp³-hybridized carbons (Fsp3) is 0.227. The molecule has 28 heavy (non-hydrogen) atoms. The minimum absolute atomic E-state index is 0.115. The van der Waals surface area contributed by atoms with Gasteiger partial charge < -0.3 is 10.6 Å². The zero-order chi connectivity index (χ0) is 20.1. The standard InChI is InChI=1S/C22H24N4O2/c1-4-23-22(28)19-7-5-6-17(13-19)14-24-21(27)18-8-10-20(11-9-18)26-16(3)12-15(2)25-26/h5-13H,4,14H2,1-3H3,(H,23,28)(H,24,27). The summed E-state index contributed by atoms with van der Waals surface area (Å²) >= 11 is 0. The maximum absolute atomic E-state index is 12.4. The third kappa shape index (κ3) is 4.46. The summed E-state index contributed by atoms with van der Waals surface area (Å²) in [5.41, 5.74) is 4.94. The maximum atomic E-state index is 12.4. The van der Waals surface area contributed by atoms with E-state index in [9.17, 15) is 9.59 Å². The lowest BCUT2D eigenvalue weighted by atomic mass is 10.1. The molecule has 0 aliphatic heterocycles. The van der Waals surface area contributed by atoms with Crippen molar-refractivity contribution >= 4 is 11.8 Å². The molecule has 1 aromatic heterocycles. The second kappa shape index (κ2) is 8.52. The van der Waals surface area contributed by atoms with Crippen molar-refractivity contribution in [2.24, 2.45) is 0 Å². The Morgan fingerprint density at radius 3 is 2.29 bits per heavy atom. The highest BCUT2D eigenvalue weighted by Crippen LogP contribution is 2.13. The van der Waals surface area contributed by atoms with Crippen LogP contribution in [-0.4, -0.2) is 28.1 Å². The van der Waals surface area contributed by atoms with Crippen molar-refractivity contribution < 1.29 is 9.59 Å². The highest BCUT2D eigenvalue weighted by molar-refractivity contribution is 5.95. The smallest absolute Gasteiger partial charge is 0.251 e. The van der Waals surface area contributed by atoms with E-state index in [0.717, 1.165) is 22.6 Å². The van der Waals surface area contributed by atoms with Crippen molar-refractivity contribution in [3.05, 3.63) is 82.7 Å². The number of carbonyl (C=O) groups is 2. The molecular weight excluding hydrogens is 352 g/mol. The monoisotopic (exact) mass is 376 g/mol. The lowest BCUT2D eigenvalue weighted by molar-refractivity contribution is 0.0947. The van der Waals surface area contributed by atoms with Crippen LogP contribution in [0.15, 0.2) is 54.6 Å². The van der Waals surface area contributed by atoms with Crippen LogP contribution in [0.4, 0.5) is 0 Å². The first-order valence-electron chi connectivity index (χ1n) is 9.27. The van der Waals surface area contributed by atoms with E-state index in [1.807, 2.05) is 55.8 Å². The van der Waals surface area contributed by atoms with Crippen LogP contribution in [0.2, 0.25) is 0 Å². The van der Waals surface area contributed by atoms with Crippen LogP contribution >= 0.6 is 0 Å². The molecule has 0 fully saturated rings. The Labute approximate surface area is 164 Å². The molecule has 6 heteroatoms. The number of aryl methyl sites for hydroxylation is 2. The fourth-order valence-corrected chi connectivity index (χ4v) is 3.01. The van der Waals surface area contributed by atoms with Gasteiger partial charge in [-0.2, -0.15) is 5.10 Å². The third-order valence-electron chi connectivity index (χ3n) is 4.36. The minimum atomic E-state index is -0.164. The SMILES string of the molecule is CCNC(=O)c1cccc(CNC(=O)c2ccc(-n3nc(C)cc3C)cc2)c1. The van der Waals surface area contributed by atoms with Gasteiger partial charge in [0.05, 0.1) is 11.4 Å². The van der Waals surface area contributed by atoms with Crippen molar-refractivity contribution in [1.82, 2.24) is 20.4 Å². The molecule has 2 amide bonds. The zero-order valence-corrected chi connectivity index (χ0v) is 16.3. The highest BCUT2D eigenvalue weighted by Gasteiger charge is 2.09. The van der Waals surface area contributed by atoms with Crippen LogP contribution in [0, 0.1) is 13.8 Å². The van der Waals surface area contributed by atoms with E-state index < -0.39 is 0 Å². The van der Waals surface area contributed by atoms with Gasteiger partial charge in [0.15, 0.2) is 0 Å². The Morgan fingerprint density at radius 1 is 0.929 bits per heavy atom. The molecule has 0 aliphatic rings. The lowest BCUT2D eigenvalue weighted by Crippen LogP contribution is -2.24. The summed E-state index contributed by atoms with van der Waals surface area (Å²) in [5, 5.41) is 10.1. The number of nitrogens with zero attached hydrogens (tertiary/aromatic N) is 2. The van der Waals surface area contributed by atoms with Crippen LogP contribution < -0.4 is 10.6 Å². The van der Waals surface area contributed by atoms with Crippen LogP contribution in [-0.2, 0) is 6.54 Å². The number of aromatic nitrogens is 2. The summed E-state index contributed by atoms with van der Waals surface area (Å²) in [5.74, 6) is -0.279. The minimum Gasteiger partial charge on any atom is -0.352 e. The van der Waals surface area contributed by atoms with Gasteiger partial charge in [-0.3, -0.25) is 9.59 Å².